The van der Waals surface area contributed by atoms with Gasteiger partial charge in [-0.1, -0.05) is 11.2 Å². The monoisotopic (exact) mass is 248 g/mol. The predicted molar refractivity (Wildman–Crippen MR) is 62.2 cm³/mol. The topological polar surface area (TPSA) is 110 Å². The number of nitro groups is 1. The molecule has 0 aliphatic heterocycles. The summed E-state index contributed by atoms with van der Waals surface area (Å²) in [7, 11) is 0. The molecule has 0 aliphatic carbocycles. The van der Waals surface area contributed by atoms with E-state index in [2.05, 4.69) is 20.3 Å². The van der Waals surface area contributed by atoms with Crippen molar-refractivity contribution in [3.05, 3.63) is 46.7 Å². The van der Waals surface area contributed by atoms with Crippen molar-refractivity contribution in [2.45, 2.75) is 0 Å². The standard InChI is InChI=1S/C10H8N4O4/c15-10(12-9-4-5-18-13-9)11-7-2-1-3-8(6-7)14(16)17/h1-6H,(H2,11,12,13,15). The molecule has 2 amide bonds. The summed E-state index contributed by atoms with van der Waals surface area (Å²) in [6.45, 7) is 0. The Morgan fingerprint density at radius 2 is 2.17 bits per heavy atom. The number of hydrogen-bond acceptors (Lipinski definition) is 5. The van der Waals surface area contributed by atoms with Crippen LogP contribution in [0, 0.1) is 10.1 Å². The van der Waals surface area contributed by atoms with E-state index in [0.717, 1.165) is 0 Å². The number of hydrogen-bond donors (Lipinski definition) is 2. The van der Waals surface area contributed by atoms with E-state index in [1.54, 1.807) is 0 Å². The lowest BCUT2D eigenvalue weighted by atomic mass is 10.3. The van der Waals surface area contributed by atoms with Gasteiger partial charge < -0.3 is 9.84 Å². The van der Waals surface area contributed by atoms with Crippen LogP contribution in [0.25, 0.3) is 0 Å². The molecule has 0 saturated heterocycles. The molecule has 0 spiro atoms. The maximum atomic E-state index is 11.5. The molecule has 1 heterocycles. The number of nitro benzene ring substituents is 1. The van der Waals surface area contributed by atoms with Crippen LogP contribution in [0.15, 0.2) is 41.1 Å². The molecule has 1 aromatic heterocycles. The minimum Gasteiger partial charge on any atom is -0.363 e. The lowest BCUT2D eigenvalue weighted by Crippen LogP contribution is -2.19. The summed E-state index contributed by atoms with van der Waals surface area (Å²) >= 11 is 0. The van der Waals surface area contributed by atoms with E-state index in [9.17, 15) is 14.9 Å². The van der Waals surface area contributed by atoms with Gasteiger partial charge in [0.25, 0.3) is 5.69 Å². The number of carbonyl (C=O) groups excluding carboxylic acids is 1. The van der Waals surface area contributed by atoms with Crippen molar-refractivity contribution in [1.82, 2.24) is 5.16 Å². The molecule has 0 bridgehead atoms. The zero-order chi connectivity index (χ0) is 13.0. The summed E-state index contributed by atoms with van der Waals surface area (Å²) in [4.78, 5) is 21.5. The minimum absolute atomic E-state index is 0.103. The number of amides is 2. The van der Waals surface area contributed by atoms with E-state index >= 15 is 0 Å². The summed E-state index contributed by atoms with van der Waals surface area (Å²) in [6, 6.07) is 6.50. The number of carbonyl (C=O) groups is 1. The number of non-ortho nitro benzene ring substituents is 1. The summed E-state index contributed by atoms with van der Waals surface area (Å²) in [5.41, 5.74) is 0.208. The van der Waals surface area contributed by atoms with Gasteiger partial charge >= 0.3 is 6.03 Å². The molecule has 2 aromatic rings. The van der Waals surface area contributed by atoms with Gasteiger partial charge in [0, 0.05) is 23.9 Å². The highest BCUT2D eigenvalue weighted by atomic mass is 16.6. The first-order valence-corrected chi connectivity index (χ1v) is 4.88. The van der Waals surface area contributed by atoms with Crippen LogP contribution >= 0.6 is 0 Å². The van der Waals surface area contributed by atoms with Crippen LogP contribution in [0.5, 0.6) is 0 Å². The van der Waals surface area contributed by atoms with Gasteiger partial charge in [0.2, 0.25) is 0 Å². The van der Waals surface area contributed by atoms with E-state index < -0.39 is 11.0 Å². The molecule has 8 nitrogen and oxygen atoms in total. The Labute approximate surface area is 101 Å². The molecule has 1 aromatic carbocycles. The van der Waals surface area contributed by atoms with Gasteiger partial charge in [-0.05, 0) is 6.07 Å². The van der Waals surface area contributed by atoms with E-state index in [1.807, 2.05) is 0 Å². The first-order valence-electron chi connectivity index (χ1n) is 4.88. The van der Waals surface area contributed by atoms with Crippen molar-refractivity contribution < 1.29 is 14.2 Å². The zero-order valence-corrected chi connectivity index (χ0v) is 8.99. The summed E-state index contributed by atoms with van der Waals surface area (Å²) in [5.74, 6) is 0.248. The lowest BCUT2D eigenvalue weighted by molar-refractivity contribution is -0.384. The molecular weight excluding hydrogens is 240 g/mol. The summed E-state index contributed by atoms with van der Waals surface area (Å²) in [6.07, 6.45) is 1.31. The van der Waals surface area contributed by atoms with Crippen molar-refractivity contribution in [2.24, 2.45) is 0 Å². The van der Waals surface area contributed by atoms with Crippen LogP contribution in [0.3, 0.4) is 0 Å². The van der Waals surface area contributed by atoms with E-state index in [1.165, 1.54) is 36.6 Å². The van der Waals surface area contributed by atoms with Crippen molar-refractivity contribution in [2.75, 3.05) is 10.6 Å². The van der Waals surface area contributed by atoms with Crippen LogP contribution in [0.4, 0.5) is 22.0 Å². The molecule has 8 heteroatoms. The maximum Gasteiger partial charge on any atom is 0.324 e. The minimum atomic E-state index is -0.565. The van der Waals surface area contributed by atoms with E-state index in [4.69, 9.17) is 0 Å². The Morgan fingerprint density at radius 3 is 2.83 bits per heavy atom. The highest BCUT2D eigenvalue weighted by Crippen LogP contribution is 2.17. The molecule has 18 heavy (non-hydrogen) atoms. The molecule has 0 aliphatic rings. The highest BCUT2D eigenvalue weighted by molar-refractivity contribution is 5.99. The zero-order valence-electron chi connectivity index (χ0n) is 8.99. The number of urea groups is 1. The van der Waals surface area contributed by atoms with Crippen molar-refractivity contribution >= 4 is 23.2 Å². The van der Waals surface area contributed by atoms with Gasteiger partial charge in [0.05, 0.1) is 4.92 Å². The number of nitrogens with one attached hydrogen (secondary N) is 2. The second-order valence-electron chi connectivity index (χ2n) is 3.27. The number of aromatic nitrogens is 1. The third kappa shape index (κ3) is 2.82. The van der Waals surface area contributed by atoms with E-state index in [0.29, 0.717) is 5.69 Å². The van der Waals surface area contributed by atoms with Crippen molar-refractivity contribution in [1.29, 1.82) is 0 Å². The molecule has 0 saturated carbocycles. The fraction of sp³-hybridized carbons (Fsp3) is 0. The molecule has 0 radical (unpaired) electrons. The fourth-order valence-electron chi connectivity index (χ4n) is 1.25. The number of benzene rings is 1. The molecule has 0 fully saturated rings. The highest BCUT2D eigenvalue weighted by Gasteiger charge is 2.08. The molecule has 2 N–H and O–H groups in total. The van der Waals surface area contributed by atoms with Crippen molar-refractivity contribution in [3.63, 3.8) is 0 Å². The number of anilines is 2. The lowest BCUT2D eigenvalue weighted by Gasteiger charge is -2.04. The predicted octanol–water partition coefficient (Wildman–Crippen LogP) is 2.23. The van der Waals surface area contributed by atoms with E-state index in [-0.39, 0.29) is 11.5 Å². The smallest absolute Gasteiger partial charge is 0.324 e. The summed E-state index contributed by atoms with van der Waals surface area (Å²) < 4.78 is 4.53. The maximum absolute atomic E-state index is 11.5. The van der Waals surface area contributed by atoms with Crippen LogP contribution < -0.4 is 10.6 Å². The Balaban J connectivity index is 2.03. The molecule has 0 atom stereocenters. The van der Waals surface area contributed by atoms with Gasteiger partial charge in [0.15, 0.2) is 5.82 Å². The largest absolute Gasteiger partial charge is 0.363 e. The SMILES string of the molecule is O=C(Nc1cccc([N+](=O)[O-])c1)Nc1ccon1. The molecule has 0 unspecified atom stereocenters. The molecule has 92 valence electrons. The van der Waals surface area contributed by atoms with Crippen LogP contribution in [-0.2, 0) is 0 Å². The van der Waals surface area contributed by atoms with Crippen LogP contribution in [0.1, 0.15) is 0 Å². The Bertz CT molecular complexity index is 567. The van der Waals surface area contributed by atoms with Crippen molar-refractivity contribution in [3.8, 4) is 0 Å². The van der Waals surface area contributed by atoms with Gasteiger partial charge in [-0.2, -0.15) is 0 Å². The number of nitrogens with zero attached hydrogens (tertiary/aromatic N) is 2. The van der Waals surface area contributed by atoms with Gasteiger partial charge in [-0.25, -0.2) is 4.79 Å². The molecular formula is C10H8N4O4. The Morgan fingerprint density at radius 1 is 1.33 bits per heavy atom. The second-order valence-corrected chi connectivity index (χ2v) is 3.27. The Hall–Kier alpha value is -2.90. The number of rotatable bonds is 3. The van der Waals surface area contributed by atoms with Gasteiger partial charge in [-0.15, -0.1) is 0 Å². The summed E-state index contributed by atoms with van der Waals surface area (Å²) in [5, 5.41) is 18.9. The normalized spacial score (nSPS) is 9.78. The average Bonchev–Trinajstić information content (AvgIpc) is 2.82. The fourth-order valence-corrected chi connectivity index (χ4v) is 1.25. The van der Waals surface area contributed by atoms with Crippen LogP contribution in [-0.4, -0.2) is 16.1 Å². The second kappa shape index (κ2) is 4.95. The van der Waals surface area contributed by atoms with Gasteiger partial charge in [0.1, 0.15) is 6.26 Å². The Kier molecular flexibility index (Phi) is 3.19. The first kappa shape index (κ1) is 11.6. The third-order valence-electron chi connectivity index (χ3n) is 1.99. The van der Waals surface area contributed by atoms with Gasteiger partial charge in [-0.3, -0.25) is 15.4 Å². The first-order chi connectivity index (χ1) is 8.65. The quantitative estimate of drug-likeness (QED) is 0.639. The molecule has 2 rings (SSSR count). The van der Waals surface area contributed by atoms with Crippen LogP contribution in [0.2, 0.25) is 0 Å². The average molecular weight is 248 g/mol. The third-order valence-corrected chi connectivity index (χ3v) is 1.99.